The largest absolute Gasteiger partial charge is 0.371 e. The monoisotopic (exact) mass is 564 g/mol. The maximum atomic E-state index is 13.7. The van der Waals surface area contributed by atoms with Gasteiger partial charge in [0.1, 0.15) is 4.90 Å². The van der Waals surface area contributed by atoms with Gasteiger partial charge < -0.3 is 9.80 Å². The molecule has 1 spiro atoms. The molecule has 0 N–H and O–H groups in total. The molecule has 1 aromatic heterocycles. The first-order valence-corrected chi connectivity index (χ1v) is 15.4. The highest BCUT2D eigenvalue weighted by Gasteiger charge is 2.42. The fourth-order valence-corrected chi connectivity index (χ4v) is 8.42. The lowest BCUT2D eigenvalue weighted by Crippen LogP contribution is -2.42. The van der Waals surface area contributed by atoms with Gasteiger partial charge in [0, 0.05) is 56.9 Å². The van der Waals surface area contributed by atoms with E-state index >= 15 is 0 Å². The second kappa shape index (κ2) is 10.2. The van der Waals surface area contributed by atoms with Crippen LogP contribution < -0.4 is 4.90 Å². The molecule has 39 heavy (non-hydrogen) atoms. The first kappa shape index (κ1) is 26.3. The molecule has 9 heteroatoms. The fourth-order valence-electron chi connectivity index (χ4n) is 6.56. The topological polar surface area (TPSA) is 73.8 Å². The second-order valence-corrected chi connectivity index (χ2v) is 13.5. The third-order valence-corrected chi connectivity index (χ3v) is 11.3. The summed E-state index contributed by atoms with van der Waals surface area (Å²) in [7, 11) is -2.18. The third-order valence-electron chi connectivity index (χ3n) is 8.95. The van der Waals surface area contributed by atoms with E-state index < -0.39 is 10.0 Å². The van der Waals surface area contributed by atoms with Crippen molar-refractivity contribution in [3.05, 3.63) is 88.7 Å². The van der Waals surface area contributed by atoms with Gasteiger partial charge in [0.05, 0.1) is 11.1 Å². The maximum Gasteiger partial charge on any atom is 0.253 e. The smallest absolute Gasteiger partial charge is 0.253 e. The van der Waals surface area contributed by atoms with Crippen LogP contribution in [0.5, 0.6) is 0 Å². The SMILES string of the molecule is CN([C@@H]1CCc2ccc(C(=O)N3CCC4(CCN(c5ccncc5)CC4)C3)cc21)S(=O)(=O)c1ccccc1Cl. The average Bonchev–Trinajstić information content (AvgIpc) is 3.57. The number of hydrogen-bond acceptors (Lipinski definition) is 5. The van der Waals surface area contributed by atoms with Gasteiger partial charge in [0.15, 0.2) is 0 Å². The molecule has 7 nitrogen and oxygen atoms in total. The normalized spacial score (nSPS) is 20.5. The zero-order chi connectivity index (χ0) is 27.2. The summed E-state index contributed by atoms with van der Waals surface area (Å²) in [5.41, 5.74) is 4.02. The summed E-state index contributed by atoms with van der Waals surface area (Å²) in [5.74, 6) is 0.0357. The van der Waals surface area contributed by atoms with Gasteiger partial charge in [-0.15, -0.1) is 0 Å². The number of pyridine rings is 1. The van der Waals surface area contributed by atoms with Gasteiger partial charge >= 0.3 is 0 Å². The summed E-state index contributed by atoms with van der Waals surface area (Å²) in [6, 6.07) is 16.1. The number of nitrogens with zero attached hydrogens (tertiary/aromatic N) is 4. The van der Waals surface area contributed by atoms with Gasteiger partial charge in [0.25, 0.3) is 5.91 Å². The molecule has 2 fully saturated rings. The number of carbonyl (C=O) groups excluding carboxylic acids is 1. The lowest BCUT2D eigenvalue weighted by Gasteiger charge is -2.40. The Morgan fingerprint density at radius 3 is 2.49 bits per heavy atom. The van der Waals surface area contributed by atoms with Crippen molar-refractivity contribution in [2.24, 2.45) is 5.41 Å². The van der Waals surface area contributed by atoms with Gasteiger partial charge in [-0.25, -0.2) is 8.42 Å². The quantitative estimate of drug-likeness (QED) is 0.427. The van der Waals surface area contributed by atoms with Crippen molar-refractivity contribution in [1.82, 2.24) is 14.2 Å². The van der Waals surface area contributed by atoms with E-state index in [0.717, 1.165) is 63.0 Å². The molecule has 1 aliphatic carbocycles. The number of hydrogen-bond donors (Lipinski definition) is 0. The molecule has 6 rings (SSSR count). The molecule has 2 saturated heterocycles. The Bertz CT molecular complexity index is 1490. The highest BCUT2D eigenvalue weighted by molar-refractivity contribution is 7.89. The third kappa shape index (κ3) is 4.83. The number of rotatable bonds is 5. The van der Waals surface area contributed by atoms with Gasteiger partial charge in [-0.1, -0.05) is 29.8 Å². The van der Waals surface area contributed by atoms with E-state index in [2.05, 4.69) is 22.0 Å². The van der Waals surface area contributed by atoms with Crippen LogP contribution in [0.2, 0.25) is 5.02 Å². The molecule has 3 aromatic rings. The van der Waals surface area contributed by atoms with Crippen LogP contribution in [-0.2, 0) is 16.4 Å². The van der Waals surface area contributed by atoms with Crippen LogP contribution in [0.1, 0.15) is 53.2 Å². The van der Waals surface area contributed by atoms with Crippen LogP contribution in [0.3, 0.4) is 0 Å². The summed E-state index contributed by atoms with van der Waals surface area (Å²) in [4.78, 5) is 22.3. The Labute approximate surface area is 235 Å². The fraction of sp³-hybridized carbons (Fsp3) is 0.400. The Kier molecular flexibility index (Phi) is 6.90. The molecule has 1 amide bonds. The molecule has 0 saturated carbocycles. The summed E-state index contributed by atoms with van der Waals surface area (Å²) in [6.45, 7) is 3.50. The Morgan fingerprint density at radius 2 is 1.74 bits per heavy atom. The highest BCUT2D eigenvalue weighted by Crippen LogP contribution is 2.43. The number of piperidine rings is 1. The minimum Gasteiger partial charge on any atom is -0.371 e. The molecule has 3 heterocycles. The van der Waals surface area contributed by atoms with Crippen molar-refractivity contribution < 1.29 is 13.2 Å². The Morgan fingerprint density at radius 1 is 1.03 bits per heavy atom. The number of amides is 1. The second-order valence-electron chi connectivity index (χ2n) is 11.1. The number of halogens is 1. The first-order chi connectivity index (χ1) is 18.8. The lowest BCUT2D eigenvalue weighted by molar-refractivity contribution is 0.0764. The summed E-state index contributed by atoms with van der Waals surface area (Å²) < 4.78 is 28.3. The number of fused-ring (bicyclic) bond motifs is 1. The minimum atomic E-state index is -3.79. The van der Waals surface area contributed by atoms with E-state index in [4.69, 9.17) is 11.6 Å². The van der Waals surface area contributed by atoms with Gasteiger partial charge in [0.2, 0.25) is 10.0 Å². The van der Waals surface area contributed by atoms with Crippen molar-refractivity contribution in [2.45, 2.75) is 43.0 Å². The number of sulfonamides is 1. The van der Waals surface area contributed by atoms with E-state index in [1.165, 1.54) is 16.1 Å². The van der Waals surface area contributed by atoms with Crippen LogP contribution in [-0.4, -0.2) is 61.7 Å². The molecule has 0 bridgehead atoms. The van der Waals surface area contributed by atoms with Crippen molar-refractivity contribution in [2.75, 3.05) is 38.1 Å². The van der Waals surface area contributed by atoms with Crippen LogP contribution in [0.25, 0.3) is 0 Å². The van der Waals surface area contributed by atoms with Crippen LogP contribution in [0, 0.1) is 5.41 Å². The Hall–Kier alpha value is -2.94. The molecule has 1 atom stereocenters. The van der Waals surface area contributed by atoms with Crippen molar-refractivity contribution in [3.63, 3.8) is 0 Å². The molecular weight excluding hydrogens is 532 g/mol. The predicted molar refractivity (Wildman–Crippen MR) is 153 cm³/mol. The number of benzene rings is 2. The van der Waals surface area contributed by atoms with Crippen molar-refractivity contribution in [1.29, 1.82) is 0 Å². The zero-order valence-corrected chi connectivity index (χ0v) is 23.7. The van der Waals surface area contributed by atoms with Gasteiger partial charge in [-0.2, -0.15) is 4.31 Å². The Balaban J connectivity index is 1.16. The molecular formula is C30H33ClN4O3S. The van der Waals surface area contributed by atoms with E-state index in [-0.39, 0.29) is 27.3 Å². The van der Waals surface area contributed by atoms with Crippen LogP contribution >= 0.6 is 11.6 Å². The lowest BCUT2D eigenvalue weighted by atomic mass is 9.77. The number of anilines is 1. The van der Waals surface area contributed by atoms with Crippen molar-refractivity contribution in [3.8, 4) is 0 Å². The van der Waals surface area contributed by atoms with Gasteiger partial charge in [-0.05, 0) is 85.0 Å². The van der Waals surface area contributed by atoms with Crippen LogP contribution in [0.15, 0.2) is 71.9 Å². The molecule has 2 aliphatic heterocycles. The molecule has 204 valence electrons. The molecule has 3 aliphatic rings. The molecule has 0 radical (unpaired) electrons. The summed E-state index contributed by atoms with van der Waals surface area (Å²) in [6.07, 6.45) is 8.27. The highest BCUT2D eigenvalue weighted by atomic mass is 35.5. The molecule has 0 unspecified atom stereocenters. The van der Waals surface area contributed by atoms with E-state index in [0.29, 0.717) is 12.0 Å². The number of likely N-dealkylation sites (tertiary alicyclic amines) is 1. The van der Waals surface area contributed by atoms with E-state index in [9.17, 15) is 13.2 Å². The summed E-state index contributed by atoms with van der Waals surface area (Å²) in [5, 5.41) is 0.209. The zero-order valence-electron chi connectivity index (χ0n) is 22.1. The number of aromatic nitrogens is 1. The van der Waals surface area contributed by atoms with Crippen LogP contribution in [0.4, 0.5) is 5.69 Å². The minimum absolute atomic E-state index is 0.0357. The first-order valence-electron chi connectivity index (χ1n) is 13.6. The number of aryl methyl sites for hydroxylation is 1. The maximum absolute atomic E-state index is 13.7. The predicted octanol–water partition coefficient (Wildman–Crippen LogP) is 5.18. The van der Waals surface area contributed by atoms with E-state index in [1.807, 2.05) is 35.5 Å². The van der Waals surface area contributed by atoms with Gasteiger partial charge in [-0.3, -0.25) is 9.78 Å². The number of carbonyl (C=O) groups is 1. The summed E-state index contributed by atoms with van der Waals surface area (Å²) >= 11 is 6.24. The van der Waals surface area contributed by atoms with E-state index in [1.54, 1.807) is 25.2 Å². The average molecular weight is 565 g/mol. The molecule has 2 aromatic carbocycles. The van der Waals surface area contributed by atoms with Crippen molar-refractivity contribution >= 4 is 33.2 Å². The standard InChI is InChI=1S/C30H33ClN4O3S/c1-33(39(37,38)28-5-3-2-4-26(28)31)27-9-8-22-6-7-23(20-25(22)27)29(36)35-19-14-30(21-35)12-17-34(18-13-30)24-10-15-32-16-11-24/h2-7,10-11,15-16,20,27H,8-9,12-14,17-19,21H2,1H3/t27-/m1/s1.